The lowest BCUT2D eigenvalue weighted by molar-refractivity contribution is 0.131. The van der Waals surface area contributed by atoms with Crippen molar-refractivity contribution in [3.05, 3.63) is 23.8 Å². The van der Waals surface area contributed by atoms with Gasteiger partial charge >= 0.3 is 0 Å². The topological polar surface area (TPSA) is 87.1 Å². The fourth-order valence-corrected chi connectivity index (χ4v) is 4.80. The molecule has 1 aliphatic heterocycles. The van der Waals surface area contributed by atoms with Gasteiger partial charge in [-0.05, 0) is 44.0 Å². The fourth-order valence-electron chi connectivity index (χ4n) is 2.77. The Morgan fingerprint density at radius 1 is 1.48 bits per heavy atom. The van der Waals surface area contributed by atoms with Crippen molar-refractivity contribution in [3.8, 4) is 5.75 Å². The van der Waals surface area contributed by atoms with Crippen molar-refractivity contribution < 1.29 is 23.4 Å². The molecule has 0 aromatic heterocycles. The lowest BCUT2D eigenvalue weighted by Crippen LogP contribution is -2.47. The summed E-state index contributed by atoms with van der Waals surface area (Å²) in [6.45, 7) is 2.99. The molecule has 2 unspecified atom stereocenters. The van der Waals surface area contributed by atoms with Crippen molar-refractivity contribution >= 4 is 10.0 Å². The highest BCUT2D eigenvalue weighted by atomic mass is 32.2. The zero-order valence-corrected chi connectivity index (χ0v) is 13.2. The molecule has 1 aliphatic rings. The fraction of sp³-hybridized carbons (Fsp3) is 0.571. The van der Waals surface area contributed by atoms with Crippen LogP contribution in [0.25, 0.3) is 0 Å². The molecule has 2 atom stereocenters. The number of hydrogen-bond donors (Lipinski definition) is 2. The quantitative estimate of drug-likeness (QED) is 0.845. The van der Waals surface area contributed by atoms with Crippen LogP contribution < -0.4 is 4.74 Å². The van der Waals surface area contributed by atoms with E-state index in [9.17, 15) is 18.6 Å². The second kappa shape index (κ2) is 5.57. The van der Waals surface area contributed by atoms with E-state index in [0.717, 1.165) is 0 Å². The third-order valence-electron chi connectivity index (χ3n) is 3.94. The van der Waals surface area contributed by atoms with Crippen LogP contribution in [-0.2, 0) is 10.0 Å². The van der Waals surface area contributed by atoms with Crippen molar-refractivity contribution in [2.24, 2.45) is 0 Å². The van der Waals surface area contributed by atoms with Gasteiger partial charge in [0.05, 0.1) is 30.3 Å². The van der Waals surface area contributed by atoms with Crippen LogP contribution in [0.3, 0.4) is 0 Å². The standard InChI is InChI=1S/C14H21NO5S/c1-10-6-12(20-3)4-5-13(10)21(18,19)15-8-11(17)7-14(15,2)9-16/h4-6,11,16-17H,7-9H2,1-3H3. The minimum Gasteiger partial charge on any atom is -0.497 e. The van der Waals surface area contributed by atoms with Gasteiger partial charge in [0.25, 0.3) is 0 Å². The first-order chi connectivity index (χ1) is 9.74. The van der Waals surface area contributed by atoms with E-state index in [1.165, 1.54) is 17.5 Å². The molecule has 21 heavy (non-hydrogen) atoms. The minimum atomic E-state index is -3.79. The molecular weight excluding hydrogens is 294 g/mol. The van der Waals surface area contributed by atoms with E-state index in [2.05, 4.69) is 0 Å². The van der Waals surface area contributed by atoms with Crippen molar-refractivity contribution in [1.82, 2.24) is 4.31 Å². The Kier molecular flexibility index (Phi) is 4.30. The van der Waals surface area contributed by atoms with Gasteiger partial charge in [-0.2, -0.15) is 4.31 Å². The number of hydrogen-bond acceptors (Lipinski definition) is 5. The van der Waals surface area contributed by atoms with Crippen LogP contribution in [0.2, 0.25) is 0 Å². The lowest BCUT2D eigenvalue weighted by Gasteiger charge is -2.32. The average molecular weight is 315 g/mol. The van der Waals surface area contributed by atoms with E-state index in [4.69, 9.17) is 4.74 Å². The van der Waals surface area contributed by atoms with Crippen LogP contribution in [-0.4, -0.2) is 54.8 Å². The zero-order chi connectivity index (χ0) is 15.8. The molecule has 7 heteroatoms. The van der Waals surface area contributed by atoms with Crippen molar-refractivity contribution in [1.29, 1.82) is 0 Å². The molecule has 0 spiro atoms. The van der Waals surface area contributed by atoms with Crippen LogP contribution in [0.1, 0.15) is 18.9 Å². The first-order valence-corrected chi connectivity index (χ1v) is 8.15. The third kappa shape index (κ3) is 2.78. The van der Waals surface area contributed by atoms with Gasteiger partial charge < -0.3 is 14.9 Å². The van der Waals surface area contributed by atoms with Crippen LogP contribution >= 0.6 is 0 Å². The van der Waals surface area contributed by atoms with E-state index in [1.807, 2.05) is 0 Å². The van der Waals surface area contributed by atoms with Crippen LogP contribution in [0.5, 0.6) is 5.75 Å². The van der Waals surface area contributed by atoms with Gasteiger partial charge in [0.2, 0.25) is 10.0 Å². The smallest absolute Gasteiger partial charge is 0.244 e. The summed E-state index contributed by atoms with van der Waals surface area (Å²) in [5.74, 6) is 0.581. The Balaban J connectivity index is 2.47. The number of nitrogens with zero attached hydrogens (tertiary/aromatic N) is 1. The number of aliphatic hydroxyl groups excluding tert-OH is 2. The molecule has 1 fully saturated rings. The zero-order valence-electron chi connectivity index (χ0n) is 12.4. The Morgan fingerprint density at radius 2 is 2.14 bits per heavy atom. The van der Waals surface area contributed by atoms with Crippen LogP contribution in [0, 0.1) is 6.92 Å². The monoisotopic (exact) mass is 315 g/mol. The van der Waals surface area contributed by atoms with E-state index >= 15 is 0 Å². The molecule has 1 heterocycles. The second-order valence-electron chi connectivity index (χ2n) is 5.68. The summed E-state index contributed by atoms with van der Waals surface area (Å²) in [5, 5.41) is 19.3. The normalized spacial score (nSPS) is 27.0. The molecule has 0 aliphatic carbocycles. The van der Waals surface area contributed by atoms with Crippen LogP contribution in [0.4, 0.5) is 0 Å². The number of aryl methyl sites for hydroxylation is 1. The molecule has 0 amide bonds. The molecule has 2 N–H and O–H groups in total. The minimum absolute atomic E-state index is 0.00906. The molecular formula is C14H21NO5S. The molecule has 0 bridgehead atoms. The number of methoxy groups -OCH3 is 1. The predicted octanol–water partition coefficient (Wildman–Crippen LogP) is 0.510. The number of rotatable bonds is 4. The molecule has 0 saturated carbocycles. The molecule has 118 valence electrons. The predicted molar refractivity (Wildman–Crippen MR) is 77.7 cm³/mol. The summed E-state index contributed by atoms with van der Waals surface area (Å²) in [5.41, 5.74) is -0.416. The Bertz CT molecular complexity index is 630. The summed E-state index contributed by atoms with van der Waals surface area (Å²) in [6.07, 6.45) is -0.548. The molecule has 1 aromatic rings. The Hall–Kier alpha value is -1.15. The SMILES string of the molecule is COc1ccc(S(=O)(=O)N2CC(O)CC2(C)CO)c(C)c1. The second-order valence-corrected chi connectivity index (χ2v) is 7.51. The van der Waals surface area contributed by atoms with E-state index in [0.29, 0.717) is 11.3 Å². The maximum absolute atomic E-state index is 12.8. The van der Waals surface area contributed by atoms with Crippen LogP contribution in [0.15, 0.2) is 23.1 Å². The van der Waals surface area contributed by atoms with E-state index in [1.54, 1.807) is 26.0 Å². The molecule has 0 radical (unpaired) electrons. The summed E-state index contributed by atoms with van der Waals surface area (Å²) < 4.78 is 31.9. The van der Waals surface area contributed by atoms with E-state index < -0.39 is 21.7 Å². The molecule has 1 aromatic carbocycles. The number of aliphatic hydroxyl groups is 2. The van der Waals surface area contributed by atoms with Gasteiger partial charge in [-0.1, -0.05) is 0 Å². The number of sulfonamides is 1. The molecule has 6 nitrogen and oxygen atoms in total. The first-order valence-electron chi connectivity index (χ1n) is 6.71. The number of β-amino-alcohol motifs (C(OH)–C–C–N with tert-alkyl or cyclic N) is 1. The average Bonchev–Trinajstić information content (AvgIpc) is 2.75. The highest BCUT2D eigenvalue weighted by molar-refractivity contribution is 7.89. The number of ether oxygens (including phenoxy) is 1. The highest BCUT2D eigenvalue weighted by Crippen LogP contribution is 2.35. The Morgan fingerprint density at radius 3 is 2.67 bits per heavy atom. The van der Waals surface area contributed by atoms with Crippen molar-refractivity contribution in [2.75, 3.05) is 20.3 Å². The first kappa shape index (κ1) is 16.2. The van der Waals surface area contributed by atoms with E-state index in [-0.39, 0.29) is 24.5 Å². The van der Waals surface area contributed by atoms with Gasteiger partial charge in [0.1, 0.15) is 5.75 Å². The Labute approximate surface area is 125 Å². The van der Waals surface area contributed by atoms with Gasteiger partial charge in [-0.25, -0.2) is 8.42 Å². The summed E-state index contributed by atoms with van der Waals surface area (Å²) in [4.78, 5) is 0.164. The third-order valence-corrected chi connectivity index (χ3v) is 6.13. The van der Waals surface area contributed by atoms with Crippen molar-refractivity contribution in [3.63, 3.8) is 0 Å². The highest BCUT2D eigenvalue weighted by Gasteiger charge is 2.48. The lowest BCUT2D eigenvalue weighted by atomic mass is 10.0. The van der Waals surface area contributed by atoms with Gasteiger partial charge in [0.15, 0.2) is 0 Å². The largest absolute Gasteiger partial charge is 0.497 e. The maximum atomic E-state index is 12.8. The molecule has 2 rings (SSSR count). The molecule has 1 saturated heterocycles. The van der Waals surface area contributed by atoms with Gasteiger partial charge in [-0.15, -0.1) is 0 Å². The van der Waals surface area contributed by atoms with Crippen molar-refractivity contribution in [2.45, 2.75) is 36.8 Å². The number of benzene rings is 1. The maximum Gasteiger partial charge on any atom is 0.244 e. The summed E-state index contributed by atoms with van der Waals surface area (Å²) >= 11 is 0. The van der Waals surface area contributed by atoms with Gasteiger partial charge in [0, 0.05) is 6.54 Å². The van der Waals surface area contributed by atoms with Gasteiger partial charge in [-0.3, -0.25) is 0 Å². The summed E-state index contributed by atoms with van der Waals surface area (Å²) in [6, 6.07) is 4.73. The summed E-state index contributed by atoms with van der Waals surface area (Å²) in [7, 11) is -2.27.